The van der Waals surface area contributed by atoms with Gasteiger partial charge in [0.15, 0.2) is 0 Å². The lowest BCUT2D eigenvalue weighted by Gasteiger charge is -2.14. The lowest BCUT2D eigenvalue weighted by Crippen LogP contribution is -2.10. The van der Waals surface area contributed by atoms with Gasteiger partial charge in [0.2, 0.25) is 0 Å². The van der Waals surface area contributed by atoms with E-state index in [1.807, 2.05) is 12.1 Å². The summed E-state index contributed by atoms with van der Waals surface area (Å²) in [5.41, 5.74) is 9.97. The molecule has 4 aromatic carbocycles. The Hall–Kier alpha value is -2.58. The second-order valence-corrected chi connectivity index (χ2v) is 5.81. The molecular weight excluding hydrogens is 277 g/mol. The van der Waals surface area contributed by atoms with Crippen LogP contribution >= 0.6 is 0 Å². The molecule has 2 N–H and O–H groups in total. The van der Waals surface area contributed by atoms with E-state index in [-0.39, 0.29) is 0 Å². The van der Waals surface area contributed by atoms with E-state index in [1.54, 1.807) is 0 Å². The van der Waals surface area contributed by atoms with Crippen LogP contribution in [0.4, 0.5) is 0 Å². The van der Waals surface area contributed by atoms with Crippen LogP contribution in [0.2, 0.25) is 0 Å². The Kier molecular flexibility index (Phi) is 3.40. The van der Waals surface area contributed by atoms with Crippen molar-refractivity contribution >= 4 is 34.9 Å². The van der Waals surface area contributed by atoms with Gasteiger partial charge in [0.1, 0.15) is 7.85 Å². The highest BCUT2D eigenvalue weighted by molar-refractivity contribution is 6.42. The van der Waals surface area contributed by atoms with Crippen LogP contribution in [0.5, 0.6) is 0 Å². The number of fused-ring (bicyclic) bond motifs is 2. The van der Waals surface area contributed by atoms with Gasteiger partial charge in [0.05, 0.1) is 0 Å². The van der Waals surface area contributed by atoms with Crippen LogP contribution in [0.15, 0.2) is 72.8 Å². The van der Waals surface area contributed by atoms with Crippen molar-refractivity contribution in [3.05, 3.63) is 78.4 Å². The fraction of sp³-hybridized carbons (Fsp3) is 0.0476. The molecule has 0 unspecified atom stereocenters. The van der Waals surface area contributed by atoms with Gasteiger partial charge < -0.3 is 5.73 Å². The molecule has 108 valence electrons. The van der Waals surface area contributed by atoms with Crippen LogP contribution in [0, 0.1) is 0 Å². The fourth-order valence-electron chi connectivity index (χ4n) is 3.23. The highest BCUT2D eigenvalue weighted by atomic mass is 14.5. The van der Waals surface area contributed by atoms with Crippen molar-refractivity contribution in [3.63, 3.8) is 0 Å². The number of hydrogen-bond donors (Lipinski definition) is 1. The third-order valence-corrected chi connectivity index (χ3v) is 4.46. The third kappa shape index (κ3) is 2.32. The molecule has 4 rings (SSSR count). The predicted octanol–water partition coefficient (Wildman–Crippen LogP) is 3.91. The van der Waals surface area contributed by atoms with E-state index in [2.05, 4.69) is 60.7 Å². The maximum Gasteiger partial charge on any atom is 0.115 e. The third-order valence-electron chi connectivity index (χ3n) is 4.46. The van der Waals surface area contributed by atoms with E-state index in [4.69, 9.17) is 13.6 Å². The maximum absolute atomic E-state index is 6.52. The summed E-state index contributed by atoms with van der Waals surface area (Å²) < 4.78 is 0. The van der Waals surface area contributed by atoms with Crippen molar-refractivity contribution in [3.8, 4) is 11.1 Å². The summed E-state index contributed by atoms with van der Waals surface area (Å²) in [5, 5.41) is 4.69. The summed E-state index contributed by atoms with van der Waals surface area (Å²) in [6.45, 7) is 0.505. The first-order chi connectivity index (χ1) is 11.3. The van der Waals surface area contributed by atoms with Gasteiger partial charge in [-0.05, 0) is 50.4 Å². The van der Waals surface area contributed by atoms with Crippen LogP contribution < -0.4 is 11.2 Å². The minimum Gasteiger partial charge on any atom is -0.326 e. The van der Waals surface area contributed by atoms with E-state index in [1.165, 1.54) is 10.8 Å². The Balaban J connectivity index is 2.02. The van der Waals surface area contributed by atoms with E-state index in [9.17, 15) is 0 Å². The summed E-state index contributed by atoms with van der Waals surface area (Å²) in [7, 11) is 6.52. The smallest absolute Gasteiger partial charge is 0.115 e. The molecule has 0 heterocycles. The zero-order valence-corrected chi connectivity index (χ0v) is 12.8. The van der Waals surface area contributed by atoms with Crippen LogP contribution in [0.1, 0.15) is 5.56 Å². The van der Waals surface area contributed by atoms with E-state index in [0.717, 1.165) is 32.9 Å². The SMILES string of the molecule is [B]c1c(-c2ccccc2CN)ccc2cc3ccccc3cc12. The second kappa shape index (κ2) is 5.56. The Morgan fingerprint density at radius 1 is 0.696 bits per heavy atom. The van der Waals surface area contributed by atoms with Crippen molar-refractivity contribution in [2.45, 2.75) is 6.54 Å². The largest absolute Gasteiger partial charge is 0.326 e. The molecule has 0 amide bonds. The zero-order valence-electron chi connectivity index (χ0n) is 12.8. The number of benzene rings is 4. The van der Waals surface area contributed by atoms with Crippen molar-refractivity contribution in [2.75, 3.05) is 0 Å². The molecule has 0 saturated heterocycles. The van der Waals surface area contributed by atoms with Gasteiger partial charge in [-0.15, -0.1) is 0 Å². The van der Waals surface area contributed by atoms with Gasteiger partial charge in [-0.2, -0.15) is 0 Å². The van der Waals surface area contributed by atoms with E-state index < -0.39 is 0 Å². The predicted molar refractivity (Wildman–Crippen MR) is 100 cm³/mol. The van der Waals surface area contributed by atoms with Crippen LogP contribution in [0.25, 0.3) is 32.7 Å². The Morgan fingerprint density at radius 3 is 2.17 bits per heavy atom. The molecule has 2 heteroatoms. The molecule has 0 spiro atoms. The van der Waals surface area contributed by atoms with Crippen molar-refractivity contribution in [2.24, 2.45) is 5.73 Å². The summed E-state index contributed by atoms with van der Waals surface area (Å²) in [6.07, 6.45) is 0. The van der Waals surface area contributed by atoms with Crippen molar-refractivity contribution in [1.29, 1.82) is 0 Å². The molecule has 0 bridgehead atoms. The molecule has 0 aromatic heterocycles. The first kappa shape index (κ1) is 14.0. The number of rotatable bonds is 2. The van der Waals surface area contributed by atoms with Gasteiger partial charge >= 0.3 is 0 Å². The van der Waals surface area contributed by atoms with Gasteiger partial charge in [0, 0.05) is 6.54 Å². The fourth-order valence-corrected chi connectivity index (χ4v) is 3.23. The van der Waals surface area contributed by atoms with Gasteiger partial charge in [-0.25, -0.2) is 0 Å². The van der Waals surface area contributed by atoms with Crippen molar-refractivity contribution < 1.29 is 0 Å². The average molecular weight is 293 g/mol. The molecule has 0 fully saturated rings. The average Bonchev–Trinajstić information content (AvgIpc) is 2.61. The number of hydrogen-bond acceptors (Lipinski definition) is 1. The molecule has 0 aliphatic carbocycles. The van der Waals surface area contributed by atoms with Gasteiger partial charge in [-0.3, -0.25) is 0 Å². The van der Waals surface area contributed by atoms with Crippen LogP contribution in [0.3, 0.4) is 0 Å². The summed E-state index contributed by atoms with van der Waals surface area (Å²) >= 11 is 0. The first-order valence-corrected chi connectivity index (χ1v) is 7.77. The molecule has 1 nitrogen and oxygen atoms in total. The molecule has 4 aromatic rings. The van der Waals surface area contributed by atoms with Crippen LogP contribution in [-0.2, 0) is 6.54 Å². The lowest BCUT2D eigenvalue weighted by molar-refractivity contribution is 1.07. The normalized spacial score (nSPS) is 11.2. The highest BCUT2D eigenvalue weighted by Crippen LogP contribution is 2.27. The Labute approximate surface area is 137 Å². The maximum atomic E-state index is 6.52. The van der Waals surface area contributed by atoms with Crippen molar-refractivity contribution in [1.82, 2.24) is 0 Å². The zero-order chi connectivity index (χ0) is 15.8. The molecule has 0 aliphatic rings. The quantitative estimate of drug-likeness (QED) is 0.440. The molecule has 0 saturated carbocycles. The lowest BCUT2D eigenvalue weighted by atomic mass is 9.81. The molecule has 0 atom stereocenters. The second-order valence-electron chi connectivity index (χ2n) is 5.81. The van der Waals surface area contributed by atoms with Crippen LogP contribution in [-0.4, -0.2) is 7.85 Å². The summed E-state index contributed by atoms with van der Waals surface area (Å²) in [6, 6.07) is 25.1. The molecule has 2 radical (unpaired) electrons. The summed E-state index contributed by atoms with van der Waals surface area (Å²) in [4.78, 5) is 0. The minimum atomic E-state index is 0.505. The highest BCUT2D eigenvalue weighted by Gasteiger charge is 2.09. The molecule has 23 heavy (non-hydrogen) atoms. The Bertz CT molecular complexity index is 1020. The molecule has 0 aliphatic heterocycles. The summed E-state index contributed by atoms with van der Waals surface area (Å²) in [5.74, 6) is 0. The van der Waals surface area contributed by atoms with E-state index in [0.29, 0.717) is 6.54 Å². The van der Waals surface area contributed by atoms with Gasteiger partial charge in [-0.1, -0.05) is 66.1 Å². The number of nitrogens with two attached hydrogens (primary N) is 1. The monoisotopic (exact) mass is 293 g/mol. The topological polar surface area (TPSA) is 26.0 Å². The minimum absolute atomic E-state index is 0.505. The van der Waals surface area contributed by atoms with E-state index >= 15 is 0 Å². The standard InChI is InChI=1S/C21H16BN/c22-21-19(18-8-4-3-7-17(18)13-23)10-9-16-11-14-5-1-2-6-15(14)12-20(16)21/h1-12H,13,23H2. The molecular formula is C21H16BN. The first-order valence-electron chi connectivity index (χ1n) is 7.77. The van der Waals surface area contributed by atoms with Gasteiger partial charge in [0.25, 0.3) is 0 Å². The Morgan fingerprint density at radius 2 is 1.39 bits per heavy atom.